The fourth-order valence-corrected chi connectivity index (χ4v) is 5.14. The van der Waals surface area contributed by atoms with Gasteiger partial charge in [-0.25, -0.2) is 12.8 Å². The highest BCUT2D eigenvalue weighted by molar-refractivity contribution is 7.89. The van der Waals surface area contributed by atoms with E-state index in [2.05, 4.69) is 10.1 Å². The van der Waals surface area contributed by atoms with Gasteiger partial charge in [0.15, 0.2) is 5.82 Å². The Morgan fingerprint density at radius 3 is 2.47 bits per heavy atom. The van der Waals surface area contributed by atoms with Gasteiger partial charge >= 0.3 is 0 Å². The normalized spacial score (nSPS) is 15.2. The molecule has 0 radical (unpaired) electrons. The third-order valence-corrected chi connectivity index (χ3v) is 7.31. The van der Waals surface area contributed by atoms with E-state index in [4.69, 9.17) is 9.26 Å². The lowest BCUT2D eigenvalue weighted by molar-refractivity contribution is 0.384. The van der Waals surface area contributed by atoms with E-state index in [0.717, 1.165) is 12.1 Å². The highest BCUT2D eigenvalue weighted by Crippen LogP contribution is 2.32. The molecule has 0 spiro atoms. The van der Waals surface area contributed by atoms with E-state index in [1.54, 1.807) is 18.2 Å². The van der Waals surface area contributed by atoms with Crippen LogP contribution in [-0.4, -0.2) is 56.2 Å². The van der Waals surface area contributed by atoms with Gasteiger partial charge in [-0.2, -0.15) is 9.29 Å². The summed E-state index contributed by atoms with van der Waals surface area (Å²) in [5, 5.41) is 3.95. The highest BCUT2D eigenvalue weighted by Gasteiger charge is 2.30. The van der Waals surface area contributed by atoms with Crippen molar-refractivity contribution in [1.29, 1.82) is 0 Å². The Hall–Kier alpha value is -2.98. The lowest BCUT2D eigenvalue weighted by Gasteiger charge is -2.35. The molecule has 0 aliphatic carbocycles. The molecule has 1 aromatic heterocycles. The van der Waals surface area contributed by atoms with Crippen molar-refractivity contribution in [3.05, 3.63) is 54.1 Å². The topological polar surface area (TPSA) is 88.8 Å². The SMILES string of the molecule is CCCc1noc(-c2cc(S(=O)(=O)N3CCN(c4ccc(F)cc4)CC3)ccc2OC)n1. The van der Waals surface area contributed by atoms with Crippen LogP contribution in [0.25, 0.3) is 11.5 Å². The van der Waals surface area contributed by atoms with Gasteiger partial charge in [0.05, 0.1) is 17.6 Å². The van der Waals surface area contributed by atoms with Crippen LogP contribution in [0.1, 0.15) is 19.2 Å². The Labute approximate surface area is 186 Å². The van der Waals surface area contributed by atoms with Crippen LogP contribution in [-0.2, 0) is 16.4 Å². The number of benzene rings is 2. The molecule has 2 aromatic carbocycles. The second kappa shape index (κ2) is 9.25. The second-order valence-corrected chi connectivity index (χ2v) is 9.43. The smallest absolute Gasteiger partial charge is 0.261 e. The maximum atomic E-state index is 13.3. The summed E-state index contributed by atoms with van der Waals surface area (Å²) < 4.78 is 52.0. The minimum atomic E-state index is -3.73. The van der Waals surface area contributed by atoms with E-state index in [1.165, 1.54) is 35.7 Å². The van der Waals surface area contributed by atoms with Crippen LogP contribution in [0.4, 0.5) is 10.1 Å². The molecule has 1 saturated heterocycles. The third kappa shape index (κ3) is 4.46. The molecule has 1 aliphatic rings. The Bertz CT molecular complexity index is 1170. The van der Waals surface area contributed by atoms with Crippen LogP contribution in [0, 0.1) is 5.82 Å². The van der Waals surface area contributed by atoms with Crippen molar-refractivity contribution in [3.63, 3.8) is 0 Å². The maximum absolute atomic E-state index is 13.3. The molecule has 0 bridgehead atoms. The lowest BCUT2D eigenvalue weighted by atomic mass is 10.2. The molecular weight excluding hydrogens is 435 g/mol. The summed E-state index contributed by atoms with van der Waals surface area (Å²) in [6, 6.07) is 10.8. The number of rotatable bonds is 7. The average molecular weight is 461 g/mol. The van der Waals surface area contributed by atoms with Gasteiger partial charge in [-0.15, -0.1) is 0 Å². The highest BCUT2D eigenvalue weighted by atomic mass is 32.2. The van der Waals surface area contributed by atoms with Gasteiger partial charge < -0.3 is 14.2 Å². The third-order valence-electron chi connectivity index (χ3n) is 5.41. The van der Waals surface area contributed by atoms with E-state index in [9.17, 15) is 12.8 Å². The Kier molecular flexibility index (Phi) is 6.43. The average Bonchev–Trinajstić information content (AvgIpc) is 3.28. The fourth-order valence-electron chi connectivity index (χ4n) is 3.69. The zero-order valence-electron chi connectivity index (χ0n) is 18.0. The predicted octanol–water partition coefficient (Wildman–Crippen LogP) is 3.35. The van der Waals surface area contributed by atoms with Crippen LogP contribution in [0.15, 0.2) is 51.9 Å². The summed E-state index contributed by atoms with van der Waals surface area (Å²) in [5.74, 6) is 0.948. The maximum Gasteiger partial charge on any atom is 0.261 e. The number of halogens is 1. The van der Waals surface area contributed by atoms with Gasteiger partial charge in [0.1, 0.15) is 11.6 Å². The molecule has 0 unspecified atom stereocenters. The van der Waals surface area contributed by atoms with Crippen molar-refractivity contribution in [2.75, 3.05) is 38.2 Å². The number of hydrogen-bond donors (Lipinski definition) is 0. The molecule has 8 nitrogen and oxygen atoms in total. The molecule has 3 aromatic rings. The Morgan fingerprint density at radius 1 is 1.09 bits per heavy atom. The van der Waals surface area contributed by atoms with Gasteiger partial charge in [-0.05, 0) is 48.9 Å². The van der Waals surface area contributed by atoms with Crippen molar-refractivity contribution >= 4 is 15.7 Å². The van der Waals surface area contributed by atoms with Crippen molar-refractivity contribution < 1.29 is 22.1 Å². The van der Waals surface area contributed by atoms with Gasteiger partial charge in [0.25, 0.3) is 5.89 Å². The van der Waals surface area contributed by atoms with E-state index >= 15 is 0 Å². The molecule has 32 heavy (non-hydrogen) atoms. The summed E-state index contributed by atoms with van der Waals surface area (Å²) in [6.45, 7) is 3.68. The Balaban J connectivity index is 1.55. The number of hydrogen-bond acceptors (Lipinski definition) is 7. The summed E-state index contributed by atoms with van der Waals surface area (Å²) in [7, 11) is -2.23. The molecule has 0 amide bonds. The second-order valence-electron chi connectivity index (χ2n) is 7.50. The van der Waals surface area contributed by atoms with E-state index in [-0.39, 0.29) is 16.6 Å². The van der Waals surface area contributed by atoms with Crippen LogP contribution in [0.2, 0.25) is 0 Å². The number of nitrogens with zero attached hydrogens (tertiary/aromatic N) is 4. The van der Waals surface area contributed by atoms with Gasteiger partial charge in [0, 0.05) is 38.3 Å². The number of methoxy groups -OCH3 is 1. The summed E-state index contributed by atoms with van der Waals surface area (Å²) >= 11 is 0. The molecule has 1 aliphatic heterocycles. The number of sulfonamides is 1. The van der Waals surface area contributed by atoms with Crippen LogP contribution in [0.3, 0.4) is 0 Å². The van der Waals surface area contributed by atoms with E-state index < -0.39 is 10.0 Å². The molecule has 0 N–H and O–H groups in total. The first-order valence-corrected chi connectivity index (χ1v) is 11.9. The quantitative estimate of drug-likeness (QED) is 0.534. The first-order chi connectivity index (χ1) is 15.4. The van der Waals surface area contributed by atoms with Crippen LogP contribution < -0.4 is 9.64 Å². The van der Waals surface area contributed by atoms with E-state index in [1.807, 2.05) is 11.8 Å². The monoisotopic (exact) mass is 460 g/mol. The van der Waals surface area contributed by atoms with Crippen LogP contribution in [0.5, 0.6) is 5.75 Å². The summed E-state index contributed by atoms with van der Waals surface area (Å²) in [6.07, 6.45) is 1.54. The fraction of sp³-hybridized carbons (Fsp3) is 0.364. The number of anilines is 1. The number of piperazine rings is 1. The Morgan fingerprint density at radius 2 is 1.81 bits per heavy atom. The molecule has 10 heteroatoms. The van der Waals surface area contributed by atoms with Crippen molar-refractivity contribution in [2.24, 2.45) is 0 Å². The first kappa shape index (κ1) is 22.2. The van der Waals surface area contributed by atoms with Crippen molar-refractivity contribution in [1.82, 2.24) is 14.4 Å². The molecule has 2 heterocycles. The number of aromatic nitrogens is 2. The number of aryl methyl sites for hydroxylation is 1. The van der Waals surface area contributed by atoms with Crippen molar-refractivity contribution in [2.45, 2.75) is 24.7 Å². The zero-order chi connectivity index (χ0) is 22.7. The van der Waals surface area contributed by atoms with Gasteiger partial charge in [-0.1, -0.05) is 12.1 Å². The van der Waals surface area contributed by atoms with Gasteiger partial charge in [-0.3, -0.25) is 0 Å². The summed E-state index contributed by atoms with van der Waals surface area (Å²) in [4.78, 5) is 6.54. The van der Waals surface area contributed by atoms with E-state index in [0.29, 0.717) is 49.7 Å². The standard InChI is InChI=1S/C22H25FN4O4S/c1-3-4-21-24-22(31-25-21)19-15-18(9-10-20(19)30-2)32(28,29)27-13-11-26(12-14-27)17-7-5-16(23)6-8-17/h5-10,15H,3-4,11-14H2,1-2H3. The molecular formula is C22H25FN4O4S. The minimum absolute atomic E-state index is 0.138. The molecule has 170 valence electrons. The number of ether oxygens (including phenoxy) is 1. The predicted molar refractivity (Wildman–Crippen MR) is 118 cm³/mol. The minimum Gasteiger partial charge on any atom is -0.496 e. The molecule has 1 fully saturated rings. The molecule has 0 atom stereocenters. The molecule has 4 rings (SSSR count). The zero-order valence-corrected chi connectivity index (χ0v) is 18.8. The first-order valence-electron chi connectivity index (χ1n) is 10.4. The van der Waals surface area contributed by atoms with Gasteiger partial charge in [0.2, 0.25) is 10.0 Å². The molecule has 0 saturated carbocycles. The van der Waals surface area contributed by atoms with Crippen LogP contribution >= 0.6 is 0 Å². The lowest BCUT2D eigenvalue weighted by Crippen LogP contribution is -2.48. The largest absolute Gasteiger partial charge is 0.496 e. The van der Waals surface area contributed by atoms with Crippen molar-refractivity contribution in [3.8, 4) is 17.2 Å². The summed E-state index contributed by atoms with van der Waals surface area (Å²) in [5.41, 5.74) is 1.31.